The largest absolute Gasteiger partial charge is 0.350 e. The van der Waals surface area contributed by atoms with Gasteiger partial charge in [-0.3, -0.25) is 9.78 Å². The zero-order chi connectivity index (χ0) is 21.8. The van der Waals surface area contributed by atoms with Crippen LogP contribution in [0.4, 0.5) is 0 Å². The van der Waals surface area contributed by atoms with Gasteiger partial charge in [0.15, 0.2) is 9.84 Å². The summed E-state index contributed by atoms with van der Waals surface area (Å²) in [6.07, 6.45) is 4.94. The molecule has 7 heteroatoms. The molecule has 0 aliphatic heterocycles. The predicted octanol–water partition coefficient (Wildman–Crippen LogP) is 3.64. The van der Waals surface area contributed by atoms with E-state index < -0.39 is 9.84 Å². The maximum absolute atomic E-state index is 13.3. The normalized spacial score (nSPS) is 11.5. The van der Waals surface area contributed by atoms with Crippen molar-refractivity contribution in [3.8, 4) is 0 Å². The highest BCUT2D eigenvalue weighted by Gasteiger charge is 2.23. The number of fused-ring (bicyclic) bond motifs is 1. The number of aromatic nitrogens is 2. The van der Waals surface area contributed by atoms with Crippen LogP contribution in [0.3, 0.4) is 0 Å². The number of hydrogen-bond donors (Lipinski definition) is 1. The molecule has 6 nitrogen and oxygen atoms in total. The number of carbonyl (C=O) groups excluding carboxylic acids is 1. The summed E-state index contributed by atoms with van der Waals surface area (Å²) in [4.78, 5) is 16.8. The predicted molar refractivity (Wildman–Crippen MR) is 120 cm³/mol. The van der Waals surface area contributed by atoms with Crippen LogP contribution in [0.1, 0.15) is 16.7 Å². The number of pyridine rings is 1. The average molecular weight is 434 g/mol. The second-order valence-electron chi connectivity index (χ2n) is 7.46. The number of sulfone groups is 1. The number of aryl methyl sites for hydroxylation is 1. The second kappa shape index (κ2) is 8.73. The zero-order valence-electron chi connectivity index (χ0n) is 17.2. The highest BCUT2D eigenvalue weighted by Crippen LogP contribution is 2.28. The first kappa shape index (κ1) is 20.8. The summed E-state index contributed by atoms with van der Waals surface area (Å²) in [5, 5.41) is 3.48. The highest BCUT2D eigenvalue weighted by atomic mass is 32.2. The molecule has 0 unspecified atom stereocenters. The second-order valence-corrected chi connectivity index (χ2v) is 9.42. The van der Waals surface area contributed by atoms with E-state index in [1.165, 1.54) is 0 Å². The number of nitrogens with zero attached hydrogens (tertiary/aromatic N) is 2. The summed E-state index contributed by atoms with van der Waals surface area (Å²) in [6.45, 7) is 2.30. The molecule has 1 N–H and O–H groups in total. The maximum Gasteiger partial charge on any atom is 0.240 e. The fraction of sp³-hybridized carbons (Fsp3) is 0.167. The summed E-state index contributed by atoms with van der Waals surface area (Å²) < 4.78 is 28.2. The van der Waals surface area contributed by atoms with Gasteiger partial charge >= 0.3 is 0 Å². The SMILES string of the molecule is Cc1ccccc1CS(=O)(=O)c1cn(CC(=O)NCc2cccnc2)c2ccccc12. The number of rotatable bonds is 7. The Morgan fingerprint density at radius 1 is 1.03 bits per heavy atom. The van der Waals surface area contributed by atoms with Gasteiger partial charge in [0.1, 0.15) is 6.54 Å². The Balaban J connectivity index is 1.60. The number of amides is 1. The molecule has 4 aromatic rings. The van der Waals surface area contributed by atoms with Gasteiger partial charge in [-0.1, -0.05) is 48.5 Å². The van der Waals surface area contributed by atoms with Crippen LogP contribution in [-0.2, 0) is 33.5 Å². The maximum atomic E-state index is 13.3. The third kappa shape index (κ3) is 4.67. The van der Waals surface area contributed by atoms with Crippen molar-refractivity contribution in [2.45, 2.75) is 30.7 Å². The first-order chi connectivity index (χ1) is 14.9. The van der Waals surface area contributed by atoms with Crippen LogP contribution in [0.5, 0.6) is 0 Å². The van der Waals surface area contributed by atoms with Crippen molar-refractivity contribution in [2.75, 3.05) is 0 Å². The minimum Gasteiger partial charge on any atom is -0.350 e. The molecule has 0 aliphatic rings. The molecule has 0 radical (unpaired) electrons. The Labute approximate surface area is 181 Å². The van der Waals surface area contributed by atoms with Crippen LogP contribution >= 0.6 is 0 Å². The molecule has 2 heterocycles. The molecule has 1 amide bonds. The van der Waals surface area contributed by atoms with E-state index in [0.717, 1.165) is 16.7 Å². The zero-order valence-corrected chi connectivity index (χ0v) is 18.0. The van der Waals surface area contributed by atoms with Crippen molar-refractivity contribution in [3.05, 3.63) is 95.9 Å². The van der Waals surface area contributed by atoms with Crippen LogP contribution in [0.15, 0.2) is 84.1 Å². The number of hydrogen-bond acceptors (Lipinski definition) is 4. The topological polar surface area (TPSA) is 81.1 Å². The molecular weight excluding hydrogens is 410 g/mol. The lowest BCUT2D eigenvalue weighted by atomic mass is 10.1. The molecule has 0 saturated heterocycles. The molecule has 2 aromatic heterocycles. The van der Waals surface area contributed by atoms with Crippen molar-refractivity contribution in [1.29, 1.82) is 0 Å². The smallest absolute Gasteiger partial charge is 0.240 e. The Bertz CT molecular complexity index is 1330. The third-order valence-corrected chi connectivity index (χ3v) is 6.91. The molecule has 0 aliphatic carbocycles. The number of carbonyl (C=O) groups is 1. The molecule has 0 saturated carbocycles. The average Bonchev–Trinajstić information content (AvgIpc) is 3.14. The van der Waals surface area contributed by atoms with Crippen LogP contribution in [0.25, 0.3) is 10.9 Å². The molecule has 0 atom stereocenters. The van der Waals surface area contributed by atoms with Gasteiger partial charge < -0.3 is 9.88 Å². The van der Waals surface area contributed by atoms with E-state index in [2.05, 4.69) is 10.3 Å². The van der Waals surface area contributed by atoms with E-state index in [-0.39, 0.29) is 23.1 Å². The Morgan fingerprint density at radius 2 is 1.81 bits per heavy atom. The van der Waals surface area contributed by atoms with E-state index in [9.17, 15) is 13.2 Å². The van der Waals surface area contributed by atoms with Gasteiger partial charge in [-0.15, -0.1) is 0 Å². The highest BCUT2D eigenvalue weighted by molar-refractivity contribution is 7.90. The van der Waals surface area contributed by atoms with Gasteiger partial charge in [-0.05, 0) is 35.7 Å². The Hall–Kier alpha value is -3.45. The summed E-state index contributed by atoms with van der Waals surface area (Å²) in [5.74, 6) is -0.284. The van der Waals surface area contributed by atoms with Crippen molar-refractivity contribution in [1.82, 2.24) is 14.9 Å². The fourth-order valence-electron chi connectivity index (χ4n) is 3.56. The minimum absolute atomic E-state index is 0.0284. The summed E-state index contributed by atoms with van der Waals surface area (Å²) in [7, 11) is -3.59. The monoisotopic (exact) mass is 433 g/mol. The molecular formula is C24H23N3O3S. The van der Waals surface area contributed by atoms with Crippen LogP contribution in [0.2, 0.25) is 0 Å². The summed E-state index contributed by atoms with van der Waals surface area (Å²) in [5.41, 5.74) is 3.32. The Kier molecular flexibility index (Phi) is 5.86. The van der Waals surface area contributed by atoms with Gasteiger partial charge in [0.2, 0.25) is 5.91 Å². The van der Waals surface area contributed by atoms with E-state index in [4.69, 9.17) is 0 Å². The molecule has 4 rings (SSSR count). The van der Waals surface area contributed by atoms with Crippen LogP contribution < -0.4 is 5.32 Å². The van der Waals surface area contributed by atoms with Crippen molar-refractivity contribution < 1.29 is 13.2 Å². The van der Waals surface area contributed by atoms with E-state index in [1.54, 1.807) is 29.2 Å². The van der Waals surface area contributed by atoms with Gasteiger partial charge in [-0.25, -0.2) is 8.42 Å². The minimum atomic E-state index is -3.59. The van der Waals surface area contributed by atoms with Crippen LogP contribution in [-0.4, -0.2) is 23.9 Å². The van der Waals surface area contributed by atoms with Crippen molar-refractivity contribution in [3.63, 3.8) is 0 Å². The Morgan fingerprint density at radius 3 is 2.58 bits per heavy atom. The summed E-state index contributed by atoms with van der Waals surface area (Å²) in [6, 6.07) is 18.4. The van der Waals surface area contributed by atoms with Gasteiger partial charge in [0, 0.05) is 36.0 Å². The first-order valence-electron chi connectivity index (χ1n) is 9.95. The molecule has 0 fully saturated rings. The van der Waals surface area contributed by atoms with Crippen LogP contribution in [0, 0.1) is 6.92 Å². The first-order valence-corrected chi connectivity index (χ1v) is 11.6. The summed E-state index contributed by atoms with van der Waals surface area (Å²) >= 11 is 0. The third-order valence-electron chi connectivity index (χ3n) is 5.22. The molecule has 2 aromatic carbocycles. The lowest BCUT2D eigenvalue weighted by molar-refractivity contribution is -0.121. The fourth-order valence-corrected chi connectivity index (χ4v) is 5.24. The molecule has 31 heavy (non-hydrogen) atoms. The lowest BCUT2D eigenvalue weighted by Crippen LogP contribution is -2.26. The van der Waals surface area contributed by atoms with E-state index in [1.807, 2.05) is 61.5 Å². The number of nitrogens with one attached hydrogen (secondary N) is 1. The van der Waals surface area contributed by atoms with Gasteiger partial charge in [-0.2, -0.15) is 0 Å². The standard InChI is InChI=1S/C24H23N3O3S/c1-18-7-2-3-9-20(18)17-31(29,30)23-15-27(22-11-5-4-10-21(22)23)16-24(28)26-14-19-8-6-12-25-13-19/h2-13,15H,14,16-17H2,1H3,(H,26,28). The molecule has 0 bridgehead atoms. The van der Waals surface area contributed by atoms with Gasteiger partial charge in [0.25, 0.3) is 0 Å². The quantitative estimate of drug-likeness (QED) is 0.483. The molecule has 0 spiro atoms. The molecule has 158 valence electrons. The lowest BCUT2D eigenvalue weighted by Gasteiger charge is -2.07. The van der Waals surface area contributed by atoms with E-state index in [0.29, 0.717) is 17.4 Å². The number of benzene rings is 2. The van der Waals surface area contributed by atoms with Crippen molar-refractivity contribution in [2.24, 2.45) is 0 Å². The number of para-hydroxylation sites is 1. The van der Waals surface area contributed by atoms with Gasteiger partial charge in [0.05, 0.1) is 10.6 Å². The van der Waals surface area contributed by atoms with E-state index >= 15 is 0 Å². The van der Waals surface area contributed by atoms with Crippen molar-refractivity contribution >= 4 is 26.6 Å².